The Bertz CT molecular complexity index is 695. The van der Waals surface area contributed by atoms with E-state index in [0.717, 1.165) is 12.3 Å². The van der Waals surface area contributed by atoms with Crippen molar-refractivity contribution in [2.75, 3.05) is 12.3 Å². The number of unbranched alkanes of at least 4 members (excludes halogenated alkanes) is 1. The molecular weight excluding hydrogens is 344 g/mol. The van der Waals surface area contributed by atoms with E-state index in [9.17, 15) is 28.3 Å². The normalized spacial score (nSPS) is 24.8. The molecule has 1 aromatic heterocycles. The molecule has 1 saturated heterocycles. The molecule has 0 saturated carbocycles. The summed E-state index contributed by atoms with van der Waals surface area (Å²) in [5.74, 6) is -4.67. The first kappa shape index (κ1) is 18.9. The highest BCUT2D eigenvalue weighted by atomic mass is 19.3. The van der Waals surface area contributed by atoms with Crippen LogP contribution in [0.3, 0.4) is 0 Å². The van der Waals surface area contributed by atoms with E-state index < -0.39 is 42.6 Å². The number of nitrogens with zero attached hydrogens (tertiary/aromatic N) is 2. The molecule has 11 heteroatoms. The number of rotatable bonds is 7. The van der Waals surface area contributed by atoms with Crippen LogP contribution in [0.25, 0.3) is 0 Å². The van der Waals surface area contributed by atoms with Crippen molar-refractivity contribution in [3.8, 4) is 0 Å². The zero-order valence-corrected chi connectivity index (χ0v) is 13.0. The van der Waals surface area contributed by atoms with Crippen molar-refractivity contribution < 1.29 is 33.0 Å². The summed E-state index contributed by atoms with van der Waals surface area (Å²) in [5, 5.41) is 9.75. The molecule has 3 N–H and O–H groups in total. The molecule has 2 rings (SSSR count). The SMILES string of the molecule is Nc1ccn([C@@H]2O[C@H](COC(=O)CCCC=O)[C@@H](O)C2(F)F)c(=O)n1. The molecule has 3 atom stereocenters. The number of nitrogen functional groups attached to an aromatic ring is 1. The van der Waals surface area contributed by atoms with Gasteiger partial charge in [-0.3, -0.25) is 9.36 Å². The number of hydrogen-bond donors (Lipinski definition) is 2. The molecule has 1 aromatic rings. The van der Waals surface area contributed by atoms with Crippen LogP contribution in [0.5, 0.6) is 0 Å². The zero-order valence-electron chi connectivity index (χ0n) is 13.0. The van der Waals surface area contributed by atoms with E-state index in [1.54, 1.807) is 0 Å². The van der Waals surface area contributed by atoms with Crippen molar-refractivity contribution in [2.24, 2.45) is 0 Å². The van der Waals surface area contributed by atoms with E-state index >= 15 is 0 Å². The van der Waals surface area contributed by atoms with Crippen LogP contribution >= 0.6 is 0 Å². The Kier molecular flexibility index (Phi) is 5.80. The summed E-state index contributed by atoms with van der Waals surface area (Å²) in [6.07, 6.45) is -3.94. The van der Waals surface area contributed by atoms with Crippen LogP contribution in [-0.4, -0.2) is 51.7 Å². The second-order valence-corrected chi connectivity index (χ2v) is 5.43. The fraction of sp³-hybridized carbons (Fsp3) is 0.571. The summed E-state index contributed by atoms with van der Waals surface area (Å²) < 4.78 is 38.7. The first-order valence-electron chi connectivity index (χ1n) is 7.42. The predicted octanol–water partition coefficient (Wildman–Crippen LogP) is -0.368. The smallest absolute Gasteiger partial charge is 0.351 e. The van der Waals surface area contributed by atoms with Crippen LogP contribution in [0.1, 0.15) is 25.5 Å². The largest absolute Gasteiger partial charge is 0.463 e. The lowest BCUT2D eigenvalue weighted by atomic mass is 10.1. The molecule has 0 spiro atoms. The van der Waals surface area contributed by atoms with E-state index in [4.69, 9.17) is 15.2 Å². The number of carbonyl (C=O) groups excluding carboxylic acids is 2. The highest BCUT2D eigenvalue weighted by Crippen LogP contribution is 2.42. The van der Waals surface area contributed by atoms with Crippen molar-refractivity contribution in [1.29, 1.82) is 0 Å². The molecule has 1 fully saturated rings. The maximum Gasteiger partial charge on any atom is 0.351 e. The van der Waals surface area contributed by atoms with Crippen molar-refractivity contribution in [1.82, 2.24) is 9.55 Å². The highest BCUT2D eigenvalue weighted by Gasteiger charge is 2.60. The third kappa shape index (κ3) is 4.17. The molecule has 0 unspecified atom stereocenters. The van der Waals surface area contributed by atoms with Gasteiger partial charge in [0.25, 0.3) is 0 Å². The molecule has 9 nitrogen and oxygen atoms in total. The maximum atomic E-state index is 14.2. The quantitative estimate of drug-likeness (QED) is 0.382. The fourth-order valence-electron chi connectivity index (χ4n) is 2.29. The molecule has 0 amide bonds. The molecule has 138 valence electrons. The summed E-state index contributed by atoms with van der Waals surface area (Å²) in [6.45, 7) is -0.621. The molecule has 0 bridgehead atoms. The first-order valence-corrected chi connectivity index (χ1v) is 7.42. The number of halogens is 2. The number of aliphatic hydroxyl groups is 1. The first-order chi connectivity index (χ1) is 11.8. The molecule has 0 radical (unpaired) electrons. The number of ether oxygens (including phenoxy) is 2. The second kappa shape index (κ2) is 7.66. The Labute approximate surface area is 140 Å². The summed E-state index contributed by atoms with van der Waals surface area (Å²) >= 11 is 0. The summed E-state index contributed by atoms with van der Waals surface area (Å²) in [7, 11) is 0. The number of aldehydes is 1. The molecule has 0 aliphatic carbocycles. The number of alkyl halides is 2. The lowest BCUT2D eigenvalue weighted by Crippen LogP contribution is -2.42. The van der Waals surface area contributed by atoms with Crippen LogP contribution in [0.15, 0.2) is 17.1 Å². The Morgan fingerprint density at radius 2 is 2.28 bits per heavy atom. The molecular formula is C14H17F2N3O6. The van der Waals surface area contributed by atoms with Crippen molar-refractivity contribution in [3.05, 3.63) is 22.7 Å². The van der Waals surface area contributed by atoms with Gasteiger partial charge in [0.05, 0.1) is 0 Å². The standard InChI is InChI=1S/C14H17F2N3O6/c15-14(16)11(22)8(7-24-10(21)3-1-2-6-20)25-12(14)19-5-4-9(17)18-13(19)23/h4-6,8,11-12,22H,1-3,7H2,(H2,17,18,23)/t8-,11-,12-/m1/s1. The van der Waals surface area contributed by atoms with E-state index in [1.807, 2.05) is 0 Å². The van der Waals surface area contributed by atoms with Gasteiger partial charge in [-0.2, -0.15) is 13.8 Å². The van der Waals surface area contributed by atoms with Gasteiger partial charge in [0.15, 0.2) is 6.10 Å². The number of aromatic nitrogens is 2. The summed E-state index contributed by atoms with van der Waals surface area (Å²) in [5.41, 5.74) is 4.23. The van der Waals surface area contributed by atoms with E-state index in [1.165, 1.54) is 0 Å². The summed E-state index contributed by atoms with van der Waals surface area (Å²) in [6, 6.07) is 1.13. The molecule has 0 aromatic carbocycles. The zero-order chi connectivity index (χ0) is 18.6. The molecule has 25 heavy (non-hydrogen) atoms. The molecule has 2 heterocycles. The number of anilines is 1. The van der Waals surface area contributed by atoms with Crippen LogP contribution in [0.2, 0.25) is 0 Å². The monoisotopic (exact) mass is 361 g/mol. The highest BCUT2D eigenvalue weighted by molar-refractivity contribution is 5.69. The Morgan fingerprint density at radius 1 is 1.56 bits per heavy atom. The minimum absolute atomic E-state index is 0.0667. The van der Waals surface area contributed by atoms with Gasteiger partial charge >= 0.3 is 17.6 Å². The minimum atomic E-state index is -3.81. The number of carbonyl (C=O) groups is 2. The van der Waals surface area contributed by atoms with Gasteiger partial charge in [-0.15, -0.1) is 0 Å². The minimum Gasteiger partial charge on any atom is -0.463 e. The van der Waals surface area contributed by atoms with Gasteiger partial charge in [0, 0.05) is 19.0 Å². The third-order valence-electron chi connectivity index (χ3n) is 3.60. The van der Waals surface area contributed by atoms with Gasteiger partial charge in [0.2, 0.25) is 6.23 Å². The maximum absolute atomic E-state index is 14.2. The number of aliphatic hydroxyl groups excluding tert-OH is 1. The Balaban J connectivity index is 2.05. The van der Waals surface area contributed by atoms with E-state index in [2.05, 4.69) is 4.98 Å². The van der Waals surface area contributed by atoms with Crippen molar-refractivity contribution >= 4 is 18.1 Å². The third-order valence-corrected chi connectivity index (χ3v) is 3.60. The Morgan fingerprint density at radius 3 is 2.92 bits per heavy atom. The van der Waals surface area contributed by atoms with Gasteiger partial charge in [0.1, 0.15) is 24.8 Å². The summed E-state index contributed by atoms with van der Waals surface area (Å²) in [4.78, 5) is 36.6. The van der Waals surface area contributed by atoms with E-state index in [0.29, 0.717) is 10.9 Å². The van der Waals surface area contributed by atoms with Gasteiger partial charge in [-0.25, -0.2) is 4.79 Å². The fourth-order valence-corrected chi connectivity index (χ4v) is 2.29. The van der Waals surface area contributed by atoms with Gasteiger partial charge in [-0.1, -0.05) is 0 Å². The lowest BCUT2D eigenvalue weighted by molar-refractivity contribution is -0.150. The van der Waals surface area contributed by atoms with Crippen LogP contribution in [0, 0.1) is 0 Å². The van der Waals surface area contributed by atoms with Crippen molar-refractivity contribution in [2.45, 2.75) is 43.6 Å². The van der Waals surface area contributed by atoms with Crippen LogP contribution in [-0.2, 0) is 19.1 Å². The van der Waals surface area contributed by atoms with Crippen molar-refractivity contribution in [3.63, 3.8) is 0 Å². The Hall–Kier alpha value is -2.40. The lowest BCUT2D eigenvalue weighted by Gasteiger charge is -2.20. The number of hydrogen-bond acceptors (Lipinski definition) is 8. The average Bonchev–Trinajstić information content (AvgIpc) is 2.77. The van der Waals surface area contributed by atoms with Crippen LogP contribution < -0.4 is 11.4 Å². The molecule has 1 aliphatic heterocycles. The van der Waals surface area contributed by atoms with Crippen LogP contribution in [0.4, 0.5) is 14.6 Å². The number of esters is 1. The predicted molar refractivity (Wildman–Crippen MR) is 78.6 cm³/mol. The second-order valence-electron chi connectivity index (χ2n) is 5.43. The average molecular weight is 361 g/mol. The van der Waals surface area contributed by atoms with Gasteiger partial charge < -0.3 is 25.1 Å². The van der Waals surface area contributed by atoms with Gasteiger partial charge in [-0.05, 0) is 12.5 Å². The van der Waals surface area contributed by atoms with E-state index in [-0.39, 0.29) is 25.1 Å². The topological polar surface area (TPSA) is 134 Å². The number of nitrogens with two attached hydrogens (primary N) is 1. The molecule has 1 aliphatic rings.